The first kappa shape index (κ1) is 12.7. The number of anilines is 1. The molecule has 0 N–H and O–H groups in total. The maximum atomic E-state index is 12.6. The summed E-state index contributed by atoms with van der Waals surface area (Å²) in [6.07, 6.45) is 4.03. The van der Waals surface area contributed by atoms with Gasteiger partial charge >= 0.3 is 0 Å². The first-order valence-electron chi connectivity index (χ1n) is 6.75. The van der Waals surface area contributed by atoms with Crippen molar-refractivity contribution in [2.75, 3.05) is 11.9 Å². The highest BCUT2D eigenvalue weighted by Gasteiger charge is 2.43. The molecule has 2 nitrogen and oxygen atoms in total. The van der Waals surface area contributed by atoms with E-state index in [1.54, 1.807) is 4.90 Å². The molecule has 0 spiro atoms. The van der Waals surface area contributed by atoms with E-state index in [1.165, 1.54) is 0 Å². The van der Waals surface area contributed by atoms with Crippen LogP contribution >= 0.6 is 0 Å². The lowest BCUT2D eigenvalue weighted by atomic mass is 9.83. The molecule has 1 amide bonds. The molecule has 1 heterocycles. The largest absolute Gasteiger partial charge is 0.314 e. The van der Waals surface area contributed by atoms with Crippen molar-refractivity contribution < 1.29 is 4.79 Å². The lowest BCUT2D eigenvalue weighted by Crippen LogP contribution is -2.34. The number of carbonyl (C=O) groups excluding carboxylic acids is 1. The van der Waals surface area contributed by atoms with Crippen LogP contribution in [-0.4, -0.2) is 13.0 Å². The molecule has 2 aromatic carbocycles. The summed E-state index contributed by atoms with van der Waals surface area (Å²) in [5.41, 5.74) is 2.59. The number of hydrogen-bond acceptors (Lipinski definition) is 1. The fourth-order valence-corrected chi connectivity index (χ4v) is 2.77. The van der Waals surface area contributed by atoms with E-state index < -0.39 is 5.41 Å². The molecule has 0 radical (unpaired) electrons. The van der Waals surface area contributed by atoms with Crippen LogP contribution in [0, 0.1) is 0 Å². The summed E-state index contributed by atoms with van der Waals surface area (Å²) < 4.78 is 0. The predicted octanol–water partition coefficient (Wildman–Crippen LogP) is 3.63. The quantitative estimate of drug-likeness (QED) is 0.810. The molecule has 0 unspecified atom stereocenters. The number of likely N-dealkylation sites (N-methyl/N-ethyl adjacent to an activating group) is 1. The van der Waals surface area contributed by atoms with E-state index in [0.717, 1.165) is 16.8 Å². The summed E-state index contributed by atoms with van der Waals surface area (Å²) in [5.74, 6) is 0.117. The Kier molecular flexibility index (Phi) is 2.94. The molecule has 0 fully saturated rings. The van der Waals surface area contributed by atoms with Gasteiger partial charge in [0.2, 0.25) is 5.91 Å². The second-order valence-corrected chi connectivity index (χ2v) is 5.33. The molecular formula is C18H17NO. The average molecular weight is 263 g/mol. The molecule has 3 rings (SSSR count). The van der Waals surface area contributed by atoms with Crippen LogP contribution in [0.5, 0.6) is 0 Å². The Hall–Kier alpha value is -2.35. The minimum Gasteiger partial charge on any atom is -0.314 e. The van der Waals surface area contributed by atoms with Crippen molar-refractivity contribution in [3.05, 3.63) is 71.8 Å². The summed E-state index contributed by atoms with van der Waals surface area (Å²) in [6, 6.07) is 18.0. The van der Waals surface area contributed by atoms with Crippen LogP contribution < -0.4 is 4.90 Å². The van der Waals surface area contributed by atoms with Gasteiger partial charge < -0.3 is 4.90 Å². The Balaban J connectivity index is 2.04. The van der Waals surface area contributed by atoms with Crippen LogP contribution in [0.3, 0.4) is 0 Å². The van der Waals surface area contributed by atoms with E-state index in [-0.39, 0.29) is 5.91 Å². The van der Waals surface area contributed by atoms with Crippen LogP contribution in [0.25, 0.3) is 6.08 Å². The molecule has 1 aliphatic heterocycles. The van der Waals surface area contributed by atoms with Crippen molar-refractivity contribution in [3.63, 3.8) is 0 Å². The van der Waals surface area contributed by atoms with Crippen molar-refractivity contribution >= 4 is 17.7 Å². The number of benzene rings is 2. The highest BCUT2D eigenvalue weighted by atomic mass is 16.2. The predicted molar refractivity (Wildman–Crippen MR) is 82.7 cm³/mol. The van der Waals surface area contributed by atoms with Gasteiger partial charge in [0, 0.05) is 12.7 Å². The monoisotopic (exact) mass is 263 g/mol. The fourth-order valence-electron chi connectivity index (χ4n) is 2.77. The molecule has 1 aliphatic rings. The average Bonchev–Trinajstić information content (AvgIpc) is 2.69. The van der Waals surface area contributed by atoms with Crippen molar-refractivity contribution in [1.82, 2.24) is 0 Å². The zero-order valence-corrected chi connectivity index (χ0v) is 11.7. The lowest BCUT2D eigenvalue weighted by molar-refractivity contribution is -0.120. The van der Waals surface area contributed by atoms with E-state index >= 15 is 0 Å². The Morgan fingerprint density at radius 1 is 1.00 bits per heavy atom. The summed E-state index contributed by atoms with van der Waals surface area (Å²) in [6.45, 7) is 1.98. The third-order valence-corrected chi connectivity index (χ3v) is 3.98. The van der Waals surface area contributed by atoms with Crippen LogP contribution in [-0.2, 0) is 10.2 Å². The first-order valence-corrected chi connectivity index (χ1v) is 6.75. The molecule has 2 aromatic rings. The molecular weight excluding hydrogens is 246 g/mol. The molecule has 0 bridgehead atoms. The van der Waals surface area contributed by atoms with Crippen LogP contribution in [0.15, 0.2) is 60.7 Å². The Morgan fingerprint density at radius 2 is 1.65 bits per heavy atom. The van der Waals surface area contributed by atoms with Gasteiger partial charge in [-0.3, -0.25) is 4.79 Å². The third-order valence-electron chi connectivity index (χ3n) is 3.98. The van der Waals surface area contributed by atoms with E-state index in [4.69, 9.17) is 0 Å². The molecule has 0 saturated heterocycles. The van der Waals surface area contributed by atoms with Gasteiger partial charge in [0.1, 0.15) is 0 Å². The highest BCUT2D eigenvalue weighted by Crippen LogP contribution is 2.41. The highest BCUT2D eigenvalue weighted by molar-refractivity contribution is 6.09. The zero-order valence-electron chi connectivity index (χ0n) is 11.7. The maximum Gasteiger partial charge on any atom is 0.241 e. The van der Waals surface area contributed by atoms with Gasteiger partial charge in [-0.15, -0.1) is 0 Å². The van der Waals surface area contributed by atoms with Gasteiger partial charge in [0.05, 0.1) is 5.41 Å². The van der Waals surface area contributed by atoms with Crippen LogP contribution in [0.1, 0.15) is 18.1 Å². The van der Waals surface area contributed by atoms with Crippen LogP contribution in [0.2, 0.25) is 0 Å². The summed E-state index contributed by atoms with van der Waals surface area (Å²) in [5, 5.41) is 0. The molecule has 20 heavy (non-hydrogen) atoms. The van der Waals surface area contributed by atoms with Crippen molar-refractivity contribution in [2.24, 2.45) is 0 Å². The van der Waals surface area contributed by atoms with Gasteiger partial charge in [-0.2, -0.15) is 0 Å². The molecule has 2 heteroatoms. The smallest absolute Gasteiger partial charge is 0.241 e. The van der Waals surface area contributed by atoms with Gasteiger partial charge in [-0.05, 0) is 24.1 Å². The normalized spacial score (nSPS) is 21.5. The summed E-state index contributed by atoms with van der Waals surface area (Å²) in [7, 11) is 1.84. The number of hydrogen-bond donors (Lipinski definition) is 0. The Morgan fingerprint density at radius 3 is 2.40 bits per heavy atom. The van der Waals surface area contributed by atoms with E-state index in [9.17, 15) is 4.79 Å². The van der Waals surface area contributed by atoms with E-state index in [1.807, 2.05) is 80.7 Å². The number of carbonyl (C=O) groups is 1. The number of fused-ring (bicyclic) bond motifs is 1. The Labute approximate surface area is 119 Å². The standard InChI is InChI=1S/C18H17NO/c1-18(13-12-14-8-4-3-5-9-14)15-10-6-7-11-16(15)19(2)17(18)20/h3-13H,1-2H3/b13-12+/t18-/m1/s1. The second kappa shape index (κ2) is 4.64. The Bertz CT molecular complexity index is 675. The summed E-state index contributed by atoms with van der Waals surface area (Å²) in [4.78, 5) is 14.3. The number of amides is 1. The van der Waals surface area contributed by atoms with E-state index in [0.29, 0.717) is 0 Å². The van der Waals surface area contributed by atoms with Crippen molar-refractivity contribution in [3.8, 4) is 0 Å². The molecule has 1 atom stereocenters. The van der Waals surface area contributed by atoms with Gasteiger partial charge in [0.25, 0.3) is 0 Å². The fraction of sp³-hybridized carbons (Fsp3) is 0.167. The minimum absolute atomic E-state index is 0.117. The molecule has 0 saturated carbocycles. The minimum atomic E-state index is -0.582. The molecule has 0 aromatic heterocycles. The molecule has 0 aliphatic carbocycles. The van der Waals surface area contributed by atoms with Gasteiger partial charge in [0.15, 0.2) is 0 Å². The number of rotatable bonds is 2. The van der Waals surface area contributed by atoms with Crippen molar-refractivity contribution in [2.45, 2.75) is 12.3 Å². The zero-order chi connectivity index (χ0) is 14.2. The van der Waals surface area contributed by atoms with E-state index in [2.05, 4.69) is 0 Å². The van der Waals surface area contributed by atoms with Gasteiger partial charge in [-0.1, -0.05) is 60.7 Å². The summed E-state index contributed by atoms with van der Waals surface area (Å²) >= 11 is 0. The first-order chi connectivity index (χ1) is 9.63. The number of para-hydroxylation sites is 1. The maximum absolute atomic E-state index is 12.6. The van der Waals surface area contributed by atoms with Gasteiger partial charge in [-0.25, -0.2) is 0 Å². The van der Waals surface area contributed by atoms with Crippen LogP contribution in [0.4, 0.5) is 5.69 Å². The third kappa shape index (κ3) is 1.85. The lowest BCUT2D eigenvalue weighted by Gasteiger charge is -2.18. The topological polar surface area (TPSA) is 20.3 Å². The SMILES string of the molecule is CN1C(=O)[C@](C)(/C=C/c2ccccc2)c2ccccc21. The number of nitrogens with zero attached hydrogens (tertiary/aromatic N) is 1. The molecule has 100 valence electrons. The van der Waals surface area contributed by atoms with Crippen molar-refractivity contribution in [1.29, 1.82) is 0 Å². The second-order valence-electron chi connectivity index (χ2n) is 5.33.